The van der Waals surface area contributed by atoms with Gasteiger partial charge < -0.3 is 0 Å². The van der Waals surface area contributed by atoms with Crippen LogP contribution in [0.15, 0.2) is 36.4 Å². The zero-order valence-corrected chi connectivity index (χ0v) is 12.0. The normalized spacial score (nSPS) is 42.2. The molecule has 0 aromatic heterocycles. The fraction of sp³-hybridized carbons (Fsp3) is 0.412. The second kappa shape index (κ2) is 3.77. The molecule has 0 spiro atoms. The van der Waals surface area contributed by atoms with E-state index in [0.717, 1.165) is 0 Å². The molecule has 6 rings (SSSR count). The Hall–Kier alpha value is -1.61. The molecule has 1 aromatic carbocycles. The van der Waals surface area contributed by atoms with E-state index in [1.807, 2.05) is 0 Å². The number of rotatable bonds is 1. The highest BCUT2D eigenvalue weighted by Crippen LogP contribution is 2.65. The molecule has 6 atom stereocenters. The summed E-state index contributed by atoms with van der Waals surface area (Å²) in [5, 5.41) is 0.548. The minimum absolute atomic E-state index is 0.0306. The number of carbonyl (C=O) groups excluding carboxylic acids is 2. The van der Waals surface area contributed by atoms with Gasteiger partial charge in [-0.15, -0.1) is 0 Å². The second-order valence-electron chi connectivity index (χ2n) is 6.65. The van der Waals surface area contributed by atoms with E-state index in [2.05, 4.69) is 12.2 Å². The molecule has 1 aliphatic heterocycles. The summed E-state index contributed by atoms with van der Waals surface area (Å²) in [5.41, 5.74) is 0.611. The number of imide groups is 1. The summed E-state index contributed by atoms with van der Waals surface area (Å²) in [5.74, 6) is 1.46. The lowest BCUT2D eigenvalue weighted by Gasteiger charge is -2.37. The Morgan fingerprint density at radius 1 is 1.00 bits per heavy atom. The molecule has 2 amide bonds. The third-order valence-electron chi connectivity index (χ3n) is 5.73. The van der Waals surface area contributed by atoms with Crippen LogP contribution in [0.5, 0.6) is 0 Å². The molecule has 2 bridgehead atoms. The molecule has 3 fully saturated rings. The number of hydrogen-bond donors (Lipinski definition) is 0. The van der Waals surface area contributed by atoms with Crippen molar-refractivity contribution in [2.24, 2.45) is 35.5 Å². The molecule has 1 aromatic rings. The van der Waals surface area contributed by atoms with Crippen LogP contribution in [-0.4, -0.2) is 11.8 Å². The molecule has 0 unspecified atom stereocenters. The minimum Gasteiger partial charge on any atom is -0.274 e. The molecule has 1 heterocycles. The smallest absolute Gasteiger partial charge is 0.238 e. The lowest BCUT2D eigenvalue weighted by atomic mass is 9.63. The number of halogens is 1. The molecule has 0 N–H and O–H groups in total. The molecular formula is C17H14ClNO2. The van der Waals surface area contributed by atoms with Crippen LogP contribution in [0.3, 0.4) is 0 Å². The number of carbonyl (C=O) groups is 2. The molecular weight excluding hydrogens is 286 g/mol. The number of amides is 2. The Morgan fingerprint density at radius 2 is 1.62 bits per heavy atom. The van der Waals surface area contributed by atoms with Crippen LogP contribution in [0.2, 0.25) is 5.02 Å². The Kier molecular flexibility index (Phi) is 2.15. The Morgan fingerprint density at radius 3 is 2.19 bits per heavy atom. The van der Waals surface area contributed by atoms with Crippen LogP contribution < -0.4 is 4.90 Å². The average molecular weight is 300 g/mol. The van der Waals surface area contributed by atoms with Crippen LogP contribution in [0.4, 0.5) is 5.69 Å². The number of hydrogen-bond acceptors (Lipinski definition) is 2. The lowest BCUT2D eigenvalue weighted by molar-refractivity contribution is -0.124. The lowest BCUT2D eigenvalue weighted by Crippen LogP contribution is -2.40. The summed E-state index contributed by atoms with van der Waals surface area (Å²) in [4.78, 5) is 27.1. The Balaban J connectivity index is 1.60. The molecule has 4 heteroatoms. The van der Waals surface area contributed by atoms with Crippen molar-refractivity contribution in [2.45, 2.75) is 6.42 Å². The van der Waals surface area contributed by atoms with Crippen molar-refractivity contribution >= 4 is 29.1 Å². The van der Waals surface area contributed by atoms with Crippen molar-refractivity contribution in [2.75, 3.05) is 4.90 Å². The van der Waals surface area contributed by atoms with Gasteiger partial charge in [-0.1, -0.05) is 29.8 Å². The summed E-state index contributed by atoms with van der Waals surface area (Å²) < 4.78 is 0. The summed E-state index contributed by atoms with van der Waals surface area (Å²) >= 11 is 6.01. The maximum absolute atomic E-state index is 12.8. The van der Waals surface area contributed by atoms with Gasteiger partial charge in [0.2, 0.25) is 11.8 Å². The first-order valence-corrected chi connectivity index (χ1v) is 7.86. The first-order valence-electron chi connectivity index (χ1n) is 7.48. The number of anilines is 1. The fourth-order valence-corrected chi connectivity index (χ4v) is 5.01. The molecule has 1 saturated heterocycles. The van der Waals surface area contributed by atoms with Gasteiger partial charge in [0.1, 0.15) is 0 Å². The third-order valence-corrected chi connectivity index (χ3v) is 5.96. The van der Waals surface area contributed by atoms with Gasteiger partial charge in [0.25, 0.3) is 0 Å². The van der Waals surface area contributed by atoms with Crippen LogP contribution in [0.1, 0.15) is 6.42 Å². The Labute approximate surface area is 127 Å². The predicted molar refractivity (Wildman–Crippen MR) is 78.6 cm³/mol. The molecule has 4 aliphatic carbocycles. The minimum atomic E-state index is -0.143. The van der Waals surface area contributed by atoms with Crippen molar-refractivity contribution in [3.63, 3.8) is 0 Å². The zero-order valence-electron chi connectivity index (χ0n) is 11.3. The Bertz CT molecular complexity index is 676. The summed E-state index contributed by atoms with van der Waals surface area (Å²) in [6, 6.07) is 7.02. The third kappa shape index (κ3) is 1.40. The van der Waals surface area contributed by atoms with E-state index in [-0.39, 0.29) is 35.5 Å². The van der Waals surface area contributed by atoms with Gasteiger partial charge in [-0.2, -0.15) is 0 Å². The van der Waals surface area contributed by atoms with Crippen LogP contribution in [0, 0.1) is 35.5 Å². The van der Waals surface area contributed by atoms with Crippen LogP contribution in [0.25, 0.3) is 0 Å². The van der Waals surface area contributed by atoms with Crippen molar-refractivity contribution in [1.29, 1.82) is 0 Å². The summed E-state index contributed by atoms with van der Waals surface area (Å²) in [6.45, 7) is 0. The fourth-order valence-electron chi connectivity index (χ4n) is 4.83. The van der Waals surface area contributed by atoms with E-state index in [0.29, 0.717) is 22.5 Å². The van der Waals surface area contributed by atoms with E-state index in [1.54, 1.807) is 24.3 Å². The predicted octanol–water partition coefficient (Wildman–Crippen LogP) is 2.90. The average Bonchev–Trinajstić information content (AvgIpc) is 3.24. The van der Waals surface area contributed by atoms with Crippen molar-refractivity contribution in [3.8, 4) is 0 Å². The highest BCUT2D eigenvalue weighted by atomic mass is 35.5. The molecule has 21 heavy (non-hydrogen) atoms. The maximum Gasteiger partial charge on any atom is 0.238 e. The van der Waals surface area contributed by atoms with E-state index in [1.165, 1.54) is 11.3 Å². The molecule has 5 aliphatic rings. The summed E-state index contributed by atoms with van der Waals surface area (Å²) in [7, 11) is 0. The molecule has 2 saturated carbocycles. The molecule has 106 valence electrons. The first kappa shape index (κ1) is 12.0. The summed E-state index contributed by atoms with van der Waals surface area (Å²) in [6.07, 6.45) is 5.56. The standard InChI is InChI=1S/C17H14ClNO2/c18-8-2-1-3-9(6-8)19-16(20)14-10-4-5-11(13-7-12(10)13)15(14)17(19)21/h1-6,10-15H,7H2/t10-,11-,12-,13-,14-,15+/m1/s1. The number of benzene rings is 1. The first-order chi connectivity index (χ1) is 10.2. The van der Waals surface area contributed by atoms with Crippen molar-refractivity contribution in [3.05, 3.63) is 41.4 Å². The van der Waals surface area contributed by atoms with Gasteiger partial charge in [-0.05, 0) is 48.3 Å². The van der Waals surface area contributed by atoms with Gasteiger partial charge >= 0.3 is 0 Å². The quantitative estimate of drug-likeness (QED) is 0.591. The van der Waals surface area contributed by atoms with E-state index >= 15 is 0 Å². The zero-order chi connectivity index (χ0) is 14.3. The van der Waals surface area contributed by atoms with Crippen LogP contribution in [-0.2, 0) is 9.59 Å². The monoisotopic (exact) mass is 299 g/mol. The van der Waals surface area contributed by atoms with Gasteiger partial charge in [0.15, 0.2) is 0 Å². The van der Waals surface area contributed by atoms with Gasteiger partial charge in [-0.3, -0.25) is 9.59 Å². The highest BCUT2D eigenvalue weighted by Gasteiger charge is 2.67. The largest absolute Gasteiger partial charge is 0.274 e. The highest BCUT2D eigenvalue weighted by molar-refractivity contribution is 6.31. The van der Waals surface area contributed by atoms with E-state index in [9.17, 15) is 9.59 Å². The van der Waals surface area contributed by atoms with Gasteiger partial charge in [0.05, 0.1) is 17.5 Å². The topological polar surface area (TPSA) is 37.4 Å². The van der Waals surface area contributed by atoms with E-state index in [4.69, 9.17) is 11.6 Å². The molecule has 3 nitrogen and oxygen atoms in total. The SMILES string of the molecule is O=C1[C@@H]2[C@@H]3C=C[C@H]([C@H]4C[C@H]34)[C@@H]2C(=O)N1c1cccc(Cl)c1. The van der Waals surface area contributed by atoms with Crippen molar-refractivity contribution in [1.82, 2.24) is 0 Å². The van der Waals surface area contributed by atoms with Gasteiger partial charge in [0, 0.05) is 5.02 Å². The van der Waals surface area contributed by atoms with E-state index < -0.39 is 0 Å². The van der Waals surface area contributed by atoms with Crippen molar-refractivity contribution < 1.29 is 9.59 Å². The number of nitrogens with zero attached hydrogens (tertiary/aromatic N) is 1. The molecule has 0 radical (unpaired) electrons. The van der Waals surface area contributed by atoms with Gasteiger partial charge in [-0.25, -0.2) is 4.90 Å². The van der Waals surface area contributed by atoms with Crippen LogP contribution >= 0.6 is 11.6 Å². The number of allylic oxidation sites excluding steroid dienone is 2. The maximum atomic E-state index is 12.8. The second-order valence-corrected chi connectivity index (χ2v) is 7.08.